The van der Waals surface area contributed by atoms with E-state index in [-0.39, 0.29) is 16.3 Å². The summed E-state index contributed by atoms with van der Waals surface area (Å²) in [5.41, 5.74) is 3.79. The van der Waals surface area contributed by atoms with Crippen molar-refractivity contribution in [1.82, 2.24) is 9.55 Å². The summed E-state index contributed by atoms with van der Waals surface area (Å²) in [5.74, 6) is 0.181. The first-order valence-corrected chi connectivity index (χ1v) is 14.1. The summed E-state index contributed by atoms with van der Waals surface area (Å²) in [7, 11) is -3.36. The van der Waals surface area contributed by atoms with Crippen LogP contribution in [0.1, 0.15) is 11.1 Å². The molecule has 0 radical (unpaired) electrons. The van der Waals surface area contributed by atoms with E-state index in [0.29, 0.717) is 11.4 Å². The zero-order valence-electron chi connectivity index (χ0n) is 19.8. The Kier molecular flexibility index (Phi) is 6.29. The lowest BCUT2D eigenvalue weighted by Gasteiger charge is -2.14. The van der Waals surface area contributed by atoms with E-state index < -0.39 is 21.6 Å². The molecule has 0 aliphatic carbocycles. The lowest BCUT2D eigenvalue weighted by Crippen LogP contribution is -2.08. The van der Waals surface area contributed by atoms with Gasteiger partial charge in [0, 0.05) is 34.6 Å². The Bertz CT molecular complexity index is 1700. The van der Waals surface area contributed by atoms with Gasteiger partial charge in [-0.1, -0.05) is 42.5 Å². The number of hydrogen-bond acceptors (Lipinski definition) is 4. The number of aromatic nitrogens is 2. The summed E-state index contributed by atoms with van der Waals surface area (Å²) >= 11 is 1.51. The van der Waals surface area contributed by atoms with Crippen LogP contribution >= 0.6 is 11.3 Å². The highest BCUT2D eigenvalue weighted by Crippen LogP contribution is 2.39. The maximum Gasteiger partial charge on any atom is 0.417 e. The largest absolute Gasteiger partial charge is 0.417 e. The Labute approximate surface area is 216 Å². The van der Waals surface area contributed by atoms with Gasteiger partial charge < -0.3 is 0 Å². The molecule has 4 nitrogen and oxygen atoms in total. The number of thiophene rings is 1. The number of rotatable bonds is 5. The third-order valence-corrected chi connectivity index (χ3v) is 8.02. The molecule has 0 N–H and O–H groups in total. The number of halogens is 3. The molecule has 188 valence electrons. The van der Waals surface area contributed by atoms with Crippen LogP contribution in [0.3, 0.4) is 0 Å². The van der Waals surface area contributed by atoms with Gasteiger partial charge in [-0.25, -0.2) is 13.4 Å². The second-order valence-corrected chi connectivity index (χ2v) is 11.4. The molecule has 5 rings (SSSR count). The number of nitrogens with zero attached hydrogens (tertiary/aromatic N) is 2. The van der Waals surface area contributed by atoms with Crippen molar-refractivity contribution in [3.63, 3.8) is 0 Å². The summed E-state index contributed by atoms with van der Waals surface area (Å²) in [4.78, 5) is 4.87. The van der Waals surface area contributed by atoms with Crippen molar-refractivity contribution in [2.24, 2.45) is 0 Å². The van der Waals surface area contributed by atoms with E-state index in [1.165, 1.54) is 29.5 Å². The molecule has 0 spiro atoms. The molecule has 0 fully saturated rings. The fourth-order valence-electron chi connectivity index (χ4n) is 4.17. The lowest BCUT2D eigenvalue weighted by atomic mass is 10.0. The van der Waals surface area contributed by atoms with Crippen LogP contribution in [-0.2, 0) is 16.0 Å². The van der Waals surface area contributed by atoms with Crippen LogP contribution in [0.4, 0.5) is 13.2 Å². The van der Waals surface area contributed by atoms with Crippen LogP contribution in [0.15, 0.2) is 94.6 Å². The molecule has 0 saturated carbocycles. The third-order valence-electron chi connectivity index (χ3n) is 6.05. The number of hydrogen-bond donors (Lipinski definition) is 0. The van der Waals surface area contributed by atoms with E-state index in [4.69, 9.17) is 0 Å². The SMILES string of the molecule is Cc1cscc1-c1cn(-c2ccc(-c3cccc(S(C)(=O)=O)c3)cc2)c(-c2ccccc2C(F)(F)F)n1. The van der Waals surface area contributed by atoms with Crippen molar-refractivity contribution in [1.29, 1.82) is 0 Å². The fraction of sp³-hybridized carbons (Fsp3) is 0.107. The highest BCUT2D eigenvalue weighted by molar-refractivity contribution is 7.90. The Morgan fingerprint density at radius 1 is 0.865 bits per heavy atom. The highest BCUT2D eigenvalue weighted by Gasteiger charge is 2.34. The van der Waals surface area contributed by atoms with Crippen molar-refractivity contribution in [3.05, 3.63) is 101 Å². The van der Waals surface area contributed by atoms with Crippen LogP contribution in [0, 0.1) is 6.92 Å². The summed E-state index contributed by atoms with van der Waals surface area (Å²) < 4.78 is 67.3. The molecule has 37 heavy (non-hydrogen) atoms. The fourth-order valence-corrected chi connectivity index (χ4v) is 5.67. The Morgan fingerprint density at radius 2 is 1.59 bits per heavy atom. The molecule has 2 aromatic heterocycles. The van der Waals surface area contributed by atoms with Crippen molar-refractivity contribution < 1.29 is 21.6 Å². The number of imidazole rings is 1. The van der Waals surface area contributed by atoms with Gasteiger partial charge in [0.05, 0.1) is 16.2 Å². The van der Waals surface area contributed by atoms with Crippen LogP contribution in [0.25, 0.3) is 39.5 Å². The van der Waals surface area contributed by atoms with Crippen molar-refractivity contribution in [2.75, 3.05) is 6.26 Å². The minimum absolute atomic E-state index is 0.0148. The third kappa shape index (κ3) is 4.97. The van der Waals surface area contributed by atoms with Crippen LogP contribution < -0.4 is 0 Å². The topological polar surface area (TPSA) is 52.0 Å². The van der Waals surface area contributed by atoms with Gasteiger partial charge in [-0.2, -0.15) is 24.5 Å². The standard InChI is InChI=1S/C28H21F3N2O2S2/c1-18-16-36-17-24(18)26-15-33(27(32-26)23-8-3-4-9-25(23)28(29,30)31)21-12-10-19(11-13-21)20-6-5-7-22(14-20)37(2,34)35/h3-17H,1-2H3. The van der Waals surface area contributed by atoms with E-state index in [9.17, 15) is 21.6 Å². The molecule has 0 amide bonds. The van der Waals surface area contributed by atoms with Gasteiger partial charge in [0.1, 0.15) is 5.82 Å². The quantitative estimate of drug-likeness (QED) is 0.231. The molecule has 2 heterocycles. The Morgan fingerprint density at radius 3 is 2.24 bits per heavy atom. The second kappa shape index (κ2) is 9.32. The van der Waals surface area contributed by atoms with Crippen LogP contribution in [0.5, 0.6) is 0 Å². The van der Waals surface area contributed by atoms with Crippen molar-refractivity contribution in [2.45, 2.75) is 18.0 Å². The summed E-state index contributed by atoms with van der Waals surface area (Å²) in [6.07, 6.45) is -1.64. The highest BCUT2D eigenvalue weighted by atomic mass is 32.2. The molecule has 0 atom stereocenters. The average molecular weight is 539 g/mol. The van der Waals surface area contributed by atoms with Gasteiger partial charge in [-0.05, 0) is 59.3 Å². The van der Waals surface area contributed by atoms with E-state index in [1.807, 2.05) is 35.9 Å². The van der Waals surface area contributed by atoms with Crippen LogP contribution in [-0.4, -0.2) is 24.2 Å². The van der Waals surface area contributed by atoms with Gasteiger partial charge in [0.2, 0.25) is 0 Å². The Balaban J connectivity index is 1.64. The number of benzene rings is 3. The predicted octanol–water partition coefficient (Wildman–Crippen LogP) is 7.67. The first-order chi connectivity index (χ1) is 17.5. The maximum atomic E-state index is 13.9. The molecule has 0 bridgehead atoms. The summed E-state index contributed by atoms with van der Waals surface area (Å²) in [6, 6.07) is 19.2. The monoisotopic (exact) mass is 538 g/mol. The molecule has 3 aromatic carbocycles. The first-order valence-electron chi connectivity index (χ1n) is 11.2. The number of aryl methyl sites for hydroxylation is 1. The molecule has 0 unspecified atom stereocenters. The second-order valence-electron chi connectivity index (χ2n) is 8.68. The minimum atomic E-state index is -4.54. The molecule has 0 aliphatic rings. The minimum Gasteiger partial charge on any atom is -0.299 e. The van der Waals surface area contributed by atoms with Gasteiger partial charge >= 0.3 is 6.18 Å². The van der Waals surface area contributed by atoms with Gasteiger partial charge in [0.15, 0.2) is 9.84 Å². The molecule has 9 heteroatoms. The Hall–Kier alpha value is -3.69. The van der Waals surface area contributed by atoms with E-state index in [1.54, 1.807) is 41.1 Å². The van der Waals surface area contributed by atoms with Crippen molar-refractivity contribution >= 4 is 21.2 Å². The predicted molar refractivity (Wildman–Crippen MR) is 141 cm³/mol. The zero-order chi connectivity index (χ0) is 26.4. The molecular weight excluding hydrogens is 517 g/mol. The van der Waals surface area contributed by atoms with E-state index in [2.05, 4.69) is 4.98 Å². The molecule has 5 aromatic rings. The van der Waals surface area contributed by atoms with Crippen LogP contribution in [0.2, 0.25) is 0 Å². The molecule has 0 aliphatic heterocycles. The van der Waals surface area contributed by atoms with Gasteiger partial charge in [-0.15, -0.1) is 0 Å². The van der Waals surface area contributed by atoms with Gasteiger partial charge in [-0.3, -0.25) is 4.57 Å². The molecule has 0 saturated heterocycles. The van der Waals surface area contributed by atoms with Gasteiger partial charge in [0.25, 0.3) is 0 Å². The maximum absolute atomic E-state index is 13.9. The average Bonchev–Trinajstić information content (AvgIpc) is 3.49. The first kappa shape index (κ1) is 25.0. The number of sulfone groups is 1. The summed E-state index contributed by atoms with van der Waals surface area (Å²) in [5, 5.41) is 3.90. The smallest absolute Gasteiger partial charge is 0.299 e. The van der Waals surface area contributed by atoms with Crippen molar-refractivity contribution in [3.8, 4) is 39.5 Å². The van der Waals surface area contributed by atoms with E-state index >= 15 is 0 Å². The molecular formula is C28H21F3N2O2S2. The lowest BCUT2D eigenvalue weighted by molar-refractivity contribution is -0.137. The number of alkyl halides is 3. The van der Waals surface area contributed by atoms with E-state index in [0.717, 1.165) is 34.6 Å². The normalized spacial score (nSPS) is 12.1. The summed E-state index contributed by atoms with van der Waals surface area (Å²) in [6.45, 7) is 1.94. The zero-order valence-corrected chi connectivity index (χ0v) is 21.5.